The molecule has 45 heavy (non-hydrogen) atoms. The zero-order valence-electron chi connectivity index (χ0n) is 27.0. The number of benzene rings is 2. The molecular weight excluding hydrogens is 582 g/mol. The Morgan fingerprint density at radius 1 is 1.16 bits per heavy atom. The fourth-order valence-corrected chi connectivity index (χ4v) is 7.45. The molecule has 2 aliphatic rings. The van der Waals surface area contributed by atoms with Crippen LogP contribution < -0.4 is 5.32 Å². The van der Waals surface area contributed by atoms with Gasteiger partial charge in [-0.05, 0) is 77.0 Å². The van der Waals surface area contributed by atoms with Crippen molar-refractivity contribution < 1.29 is 14.5 Å². The van der Waals surface area contributed by atoms with Crippen molar-refractivity contribution in [2.24, 2.45) is 0 Å². The predicted molar refractivity (Wildman–Crippen MR) is 181 cm³/mol. The monoisotopic (exact) mass is 627 g/mol. The molecule has 9 heteroatoms. The number of amides is 1. The van der Waals surface area contributed by atoms with Crippen LogP contribution in [0.25, 0.3) is 11.3 Å². The largest absolute Gasteiger partial charge is 0.597 e. The van der Waals surface area contributed by atoms with Gasteiger partial charge >= 0.3 is 0 Å². The van der Waals surface area contributed by atoms with E-state index in [2.05, 4.69) is 46.3 Å². The van der Waals surface area contributed by atoms with Gasteiger partial charge < -0.3 is 15.0 Å². The Morgan fingerprint density at radius 2 is 1.93 bits per heavy atom. The third-order valence-corrected chi connectivity index (χ3v) is 10.0. The number of hydrogen-bond donors (Lipinski definition) is 2. The van der Waals surface area contributed by atoms with Crippen molar-refractivity contribution in [1.82, 2.24) is 24.4 Å². The van der Waals surface area contributed by atoms with Gasteiger partial charge in [0.25, 0.3) is 5.91 Å². The predicted octanol–water partition coefficient (Wildman–Crippen LogP) is 4.37. The Morgan fingerprint density at radius 3 is 2.64 bits per heavy atom. The van der Waals surface area contributed by atoms with Crippen molar-refractivity contribution in [3.63, 3.8) is 0 Å². The molecular formula is C36H45N5O3S. The number of pyridine rings is 1. The molecule has 2 aromatic carbocycles. The van der Waals surface area contributed by atoms with Crippen molar-refractivity contribution in [3.8, 4) is 23.1 Å². The van der Waals surface area contributed by atoms with E-state index < -0.39 is 16.1 Å². The summed E-state index contributed by atoms with van der Waals surface area (Å²) >= 11 is -1.33. The Balaban J connectivity index is 1.47. The highest BCUT2D eigenvalue weighted by Crippen LogP contribution is 2.45. The van der Waals surface area contributed by atoms with E-state index in [9.17, 15) is 14.5 Å². The minimum Gasteiger partial charge on any atom is -0.597 e. The summed E-state index contributed by atoms with van der Waals surface area (Å²) in [5.41, 5.74) is 5.83. The second kappa shape index (κ2) is 14.5. The van der Waals surface area contributed by atoms with Crippen molar-refractivity contribution in [2.75, 3.05) is 40.3 Å². The Labute approximate surface area is 271 Å². The number of carbonyl (C=O) groups is 1. The summed E-state index contributed by atoms with van der Waals surface area (Å²) in [7, 11) is 3.96. The fraction of sp³-hybridized carbons (Fsp3) is 0.444. The molecule has 1 amide bonds. The highest BCUT2D eigenvalue weighted by Gasteiger charge is 2.45. The van der Waals surface area contributed by atoms with Gasteiger partial charge in [-0.3, -0.25) is 14.6 Å². The zero-order valence-corrected chi connectivity index (χ0v) is 27.9. The lowest BCUT2D eigenvalue weighted by Gasteiger charge is -2.33. The van der Waals surface area contributed by atoms with Crippen LogP contribution >= 0.6 is 0 Å². The highest BCUT2D eigenvalue weighted by molar-refractivity contribution is 7.90. The first-order valence-corrected chi connectivity index (χ1v) is 16.8. The van der Waals surface area contributed by atoms with Gasteiger partial charge in [0.05, 0.1) is 24.8 Å². The van der Waals surface area contributed by atoms with Gasteiger partial charge in [-0.25, -0.2) is 4.98 Å². The molecule has 3 heterocycles. The average molecular weight is 628 g/mol. The second-order valence-electron chi connectivity index (χ2n) is 13.2. The summed E-state index contributed by atoms with van der Waals surface area (Å²) in [6.45, 7) is 9.43. The third kappa shape index (κ3) is 8.14. The molecule has 1 saturated heterocycles. The van der Waals surface area contributed by atoms with E-state index >= 15 is 0 Å². The van der Waals surface area contributed by atoms with Gasteiger partial charge in [0.2, 0.25) is 0 Å². The first kappa shape index (κ1) is 33.1. The zero-order chi connectivity index (χ0) is 32.1. The van der Waals surface area contributed by atoms with Crippen LogP contribution in [0, 0.1) is 11.8 Å². The number of rotatable bonds is 9. The number of aliphatic hydroxyl groups is 1. The smallest absolute Gasteiger partial charge is 0.270 e. The summed E-state index contributed by atoms with van der Waals surface area (Å²) in [5.74, 6) is 6.23. The maximum atomic E-state index is 13.8. The lowest BCUT2D eigenvalue weighted by Crippen LogP contribution is -2.42. The molecule has 0 spiro atoms. The van der Waals surface area contributed by atoms with E-state index in [1.807, 2.05) is 80.5 Å². The maximum Gasteiger partial charge on any atom is 0.270 e. The molecule has 2 N–H and O–H groups in total. The quantitative estimate of drug-likeness (QED) is 0.269. The molecule has 0 radical (unpaired) electrons. The van der Waals surface area contributed by atoms with Crippen LogP contribution in [0.4, 0.5) is 0 Å². The molecule has 1 aromatic heterocycles. The van der Waals surface area contributed by atoms with Gasteiger partial charge in [-0.2, -0.15) is 0 Å². The molecule has 0 aliphatic carbocycles. The fourth-order valence-electron chi connectivity index (χ4n) is 6.04. The molecule has 2 aliphatic heterocycles. The van der Waals surface area contributed by atoms with Gasteiger partial charge in [0, 0.05) is 60.3 Å². The van der Waals surface area contributed by atoms with Gasteiger partial charge in [0.15, 0.2) is 0 Å². The van der Waals surface area contributed by atoms with E-state index in [0.717, 1.165) is 48.3 Å². The minimum absolute atomic E-state index is 0.0297. The van der Waals surface area contributed by atoms with Crippen LogP contribution in [0.3, 0.4) is 0 Å². The van der Waals surface area contributed by atoms with Crippen LogP contribution in [0.2, 0.25) is 0 Å². The topological polar surface area (TPSA) is 95.0 Å². The molecule has 1 fully saturated rings. The SMILES string of the molecule is CN(C)CC#Cc1cccc(-c2nc(C(=O)N[C@H]3CCN(Cc4ccccc4)C3)cc3c2[C@H](CCO)N([S@@+]([O-])C(C)(C)C)C3)c1. The lowest BCUT2D eigenvalue weighted by molar-refractivity contribution is 0.0932. The summed E-state index contributed by atoms with van der Waals surface area (Å²) < 4.78 is 15.2. The van der Waals surface area contributed by atoms with E-state index in [1.54, 1.807) is 0 Å². The first-order valence-electron chi connectivity index (χ1n) is 15.7. The molecule has 0 bridgehead atoms. The standard InChI is InChI=1S/C36H45N5O3S/c1-36(2,3)45(44)41-24-29-22-31(35(43)37-30-16-19-40(25-30)23-27-11-7-6-8-12-27)38-34(33(29)32(41)17-20-42)28-15-9-13-26(21-28)14-10-18-39(4)5/h6-9,11-13,15,21-22,30,32,42H,16-20,23-25H2,1-5H3,(H,37,43)/t30-,32-,45-/m0/s1. The van der Waals surface area contributed by atoms with Crippen LogP contribution in [-0.4, -0.2) is 85.8 Å². The Bertz CT molecular complexity index is 1550. The highest BCUT2D eigenvalue weighted by atomic mass is 32.2. The first-order chi connectivity index (χ1) is 21.5. The van der Waals surface area contributed by atoms with Gasteiger partial charge in [-0.15, -0.1) is 4.31 Å². The van der Waals surface area contributed by atoms with E-state index in [-0.39, 0.29) is 24.6 Å². The second-order valence-corrected chi connectivity index (χ2v) is 15.4. The van der Waals surface area contributed by atoms with Gasteiger partial charge in [-0.1, -0.05) is 54.3 Å². The average Bonchev–Trinajstić information content (AvgIpc) is 3.60. The summed E-state index contributed by atoms with van der Waals surface area (Å²) in [6.07, 6.45) is 1.29. The Hall–Kier alpha value is -3.23. The van der Waals surface area contributed by atoms with Crippen LogP contribution in [0.15, 0.2) is 60.7 Å². The maximum absolute atomic E-state index is 13.8. The minimum atomic E-state index is -1.33. The normalized spacial score (nSPS) is 19.3. The molecule has 8 nitrogen and oxygen atoms in total. The Kier molecular flexibility index (Phi) is 10.7. The number of hydrogen-bond acceptors (Lipinski definition) is 7. The molecule has 3 atom stereocenters. The number of carbonyl (C=O) groups excluding carboxylic acids is 1. The molecule has 0 unspecified atom stereocenters. The van der Waals surface area contributed by atoms with Crippen molar-refractivity contribution in [1.29, 1.82) is 0 Å². The molecule has 238 valence electrons. The van der Waals surface area contributed by atoms with E-state index in [1.165, 1.54) is 5.56 Å². The molecule has 5 rings (SSSR count). The number of likely N-dealkylation sites (tertiary alicyclic amines) is 1. The number of fused-ring (bicyclic) bond motifs is 1. The number of nitrogens with zero attached hydrogens (tertiary/aromatic N) is 4. The van der Waals surface area contributed by atoms with Crippen molar-refractivity contribution in [2.45, 2.75) is 63.5 Å². The lowest BCUT2D eigenvalue weighted by atomic mass is 9.95. The van der Waals surface area contributed by atoms with Crippen LogP contribution in [0.5, 0.6) is 0 Å². The van der Waals surface area contributed by atoms with Crippen molar-refractivity contribution in [3.05, 3.63) is 88.6 Å². The number of aromatic nitrogens is 1. The number of nitrogens with one attached hydrogen (secondary N) is 1. The number of aliphatic hydroxyl groups excluding tert-OH is 1. The van der Waals surface area contributed by atoms with E-state index in [0.29, 0.717) is 30.9 Å². The summed E-state index contributed by atoms with van der Waals surface area (Å²) in [4.78, 5) is 23.1. The molecule has 0 saturated carbocycles. The van der Waals surface area contributed by atoms with Crippen molar-refractivity contribution >= 4 is 17.3 Å². The summed E-state index contributed by atoms with van der Waals surface area (Å²) in [6, 6.07) is 19.9. The summed E-state index contributed by atoms with van der Waals surface area (Å²) in [5, 5.41) is 13.3. The molecule has 3 aromatic rings. The third-order valence-electron chi connectivity index (χ3n) is 8.14. The van der Waals surface area contributed by atoms with Crippen LogP contribution in [0.1, 0.15) is 72.4 Å². The van der Waals surface area contributed by atoms with Gasteiger partial charge in [0.1, 0.15) is 10.4 Å². The van der Waals surface area contributed by atoms with Crippen LogP contribution in [-0.2, 0) is 24.5 Å². The van der Waals surface area contributed by atoms with E-state index in [4.69, 9.17) is 4.98 Å².